The van der Waals surface area contributed by atoms with Crippen molar-refractivity contribution in [2.45, 2.75) is 11.3 Å². The van der Waals surface area contributed by atoms with Crippen molar-refractivity contribution in [3.63, 3.8) is 0 Å². The molecular formula is C14H10ClF3N6O2S. The normalized spacial score (nSPS) is 11.7. The molecule has 0 unspecified atom stereocenters. The number of aromatic nitrogens is 4. The summed E-state index contributed by atoms with van der Waals surface area (Å²) < 4.78 is 38.5. The van der Waals surface area contributed by atoms with Gasteiger partial charge in [0.25, 0.3) is 5.56 Å². The number of aromatic amines is 2. The number of amides is 1. The Morgan fingerprint density at radius 2 is 2.04 bits per heavy atom. The molecule has 1 amide bonds. The topological polar surface area (TPSA) is 130 Å². The van der Waals surface area contributed by atoms with Crippen molar-refractivity contribution in [3.05, 3.63) is 39.1 Å². The van der Waals surface area contributed by atoms with Gasteiger partial charge in [-0.3, -0.25) is 14.6 Å². The molecule has 0 radical (unpaired) electrons. The maximum atomic E-state index is 12.8. The van der Waals surface area contributed by atoms with E-state index >= 15 is 0 Å². The molecule has 0 bridgehead atoms. The average Bonchev–Trinajstić information content (AvgIpc) is 2.97. The van der Waals surface area contributed by atoms with Gasteiger partial charge >= 0.3 is 6.18 Å². The number of nitrogen functional groups attached to an aromatic ring is 1. The van der Waals surface area contributed by atoms with Gasteiger partial charge in [-0.1, -0.05) is 23.4 Å². The lowest BCUT2D eigenvalue weighted by molar-refractivity contribution is -0.137. The zero-order valence-electron chi connectivity index (χ0n) is 13.1. The predicted molar refractivity (Wildman–Crippen MR) is 94.7 cm³/mol. The van der Waals surface area contributed by atoms with E-state index in [-0.39, 0.29) is 33.7 Å². The zero-order chi connectivity index (χ0) is 19.8. The fourth-order valence-corrected chi connectivity index (χ4v) is 3.01. The van der Waals surface area contributed by atoms with Crippen LogP contribution in [0.25, 0.3) is 11.2 Å². The predicted octanol–water partition coefficient (Wildman–Crippen LogP) is 2.63. The summed E-state index contributed by atoms with van der Waals surface area (Å²) in [5.41, 5.74) is 3.99. The molecule has 3 aromatic rings. The lowest BCUT2D eigenvalue weighted by Crippen LogP contribution is -2.15. The van der Waals surface area contributed by atoms with Crippen molar-refractivity contribution >= 4 is 52.1 Å². The van der Waals surface area contributed by atoms with Gasteiger partial charge in [-0.25, -0.2) is 4.98 Å². The summed E-state index contributed by atoms with van der Waals surface area (Å²) >= 11 is 6.47. The number of nitrogens with one attached hydrogen (secondary N) is 3. The van der Waals surface area contributed by atoms with Crippen molar-refractivity contribution in [2.24, 2.45) is 0 Å². The maximum Gasteiger partial charge on any atom is 0.417 e. The number of thioether (sulfide) groups is 1. The minimum absolute atomic E-state index is 0.0483. The highest BCUT2D eigenvalue weighted by Crippen LogP contribution is 2.36. The number of imidazole rings is 1. The molecule has 0 saturated heterocycles. The number of halogens is 4. The molecule has 1 aromatic carbocycles. The Morgan fingerprint density at radius 1 is 1.30 bits per heavy atom. The number of nitrogens with zero attached hydrogens (tertiary/aromatic N) is 2. The number of H-pyrrole nitrogens is 2. The van der Waals surface area contributed by atoms with Crippen LogP contribution in [0.1, 0.15) is 5.56 Å². The second kappa shape index (κ2) is 7.12. The number of rotatable bonds is 4. The first-order chi connectivity index (χ1) is 12.6. The maximum absolute atomic E-state index is 12.8. The fraction of sp³-hybridized carbons (Fsp3) is 0.143. The molecule has 2 heterocycles. The van der Waals surface area contributed by atoms with Crippen LogP contribution in [0.3, 0.4) is 0 Å². The van der Waals surface area contributed by atoms with Crippen LogP contribution in [-0.4, -0.2) is 31.6 Å². The van der Waals surface area contributed by atoms with Crippen molar-refractivity contribution in [3.8, 4) is 0 Å². The van der Waals surface area contributed by atoms with Gasteiger partial charge in [-0.05, 0) is 18.2 Å². The fourth-order valence-electron chi connectivity index (χ4n) is 2.12. The molecule has 0 saturated carbocycles. The van der Waals surface area contributed by atoms with Crippen LogP contribution >= 0.6 is 23.4 Å². The molecule has 0 aliphatic carbocycles. The molecule has 0 spiro atoms. The number of fused-ring (bicyclic) bond motifs is 1. The van der Waals surface area contributed by atoms with E-state index in [0.29, 0.717) is 0 Å². The van der Waals surface area contributed by atoms with E-state index in [1.54, 1.807) is 0 Å². The standard InChI is InChI=1S/C14H10ClF3N6O2S/c15-7-2-1-5(3-6(7)14(16,17)18)20-8(25)4-27-13-21-9-10(23-13)22-12(19)24-11(9)26/h1-3H,4H2,(H,20,25)(H4,19,21,22,23,24,26). The highest BCUT2D eigenvalue weighted by molar-refractivity contribution is 7.99. The Kier molecular flexibility index (Phi) is 5.02. The summed E-state index contributed by atoms with van der Waals surface area (Å²) in [4.78, 5) is 36.5. The molecule has 142 valence electrons. The third-order valence-electron chi connectivity index (χ3n) is 3.25. The number of carbonyl (C=O) groups is 1. The van der Waals surface area contributed by atoms with Gasteiger partial charge in [-0.2, -0.15) is 18.2 Å². The third-order valence-corrected chi connectivity index (χ3v) is 4.46. The second-order valence-electron chi connectivity index (χ2n) is 5.22. The molecule has 27 heavy (non-hydrogen) atoms. The number of hydrogen-bond acceptors (Lipinski definition) is 6. The monoisotopic (exact) mass is 418 g/mol. The largest absolute Gasteiger partial charge is 0.417 e. The van der Waals surface area contributed by atoms with Gasteiger partial charge in [0.15, 0.2) is 16.3 Å². The first-order valence-electron chi connectivity index (χ1n) is 7.18. The number of hydrogen-bond donors (Lipinski definition) is 4. The quantitative estimate of drug-likeness (QED) is 0.482. The minimum Gasteiger partial charge on any atom is -0.369 e. The van der Waals surface area contributed by atoms with Gasteiger partial charge in [0.05, 0.1) is 16.3 Å². The van der Waals surface area contributed by atoms with Crippen LogP contribution in [0.5, 0.6) is 0 Å². The van der Waals surface area contributed by atoms with Crippen LogP contribution in [0.4, 0.5) is 24.8 Å². The van der Waals surface area contributed by atoms with Crippen molar-refractivity contribution < 1.29 is 18.0 Å². The molecule has 5 N–H and O–H groups in total. The molecule has 13 heteroatoms. The lowest BCUT2D eigenvalue weighted by atomic mass is 10.2. The van der Waals surface area contributed by atoms with Gasteiger partial charge in [0.2, 0.25) is 11.9 Å². The summed E-state index contributed by atoms with van der Waals surface area (Å²) in [7, 11) is 0. The van der Waals surface area contributed by atoms with E-state index in [4.69, 9.17) is 17.3 Å². The molecule has 3 rings (SSSR count). The third kappa shape index (κ3) is 4.34. The van der Waals surface area contributed by atoms with Crippen LogP contribution in [-0.2, 0) is 11.0 Å². The molecule has 8 nitrogen and oxygen atoms in total. The molecule has 0 fully saturated rings. The number of anilines is 2. The van der Waals surface area contributed by atoms with Crippen LogP contribution in [0.15, 0.2) is 28.2 Å². The van der Waals surface area contributed by atoms with Crippen molar-refractivity contribution in [2.75, 3.05) is 16.8 Å². The SMILES string of the molecule is Nc1nc2nc(SCC(=O)Nc3ccc(Cl)c(C(F)(F)F)c3)[nH]c2c(=O)[nH]1. The van der Waals surface area contributed by atoms with E-state index < -0.39 is 28.2 Å². The average molecular weight is 419 g/mol. The minimum atomic E-state index is -4.64. The molecule has 0 aliphatic rings. The van der Waals surface area contributed by atoms with Gasteiger partial charge < -0.3 is 16.0 Å². The van der Waals surface area contributed by atoms with Crippen LogP contribution in [0, 0.1) is 0 Å². The Hall–Kier alpha value is -2.73. The van der Waals surface area contributed by atoms with Gasteiger partial charge in [0, 0.05) is 5.69 Å². The molecule has 2 aromatic heterocycles. The number of nitrogens with two attached hydrogens (primary N) is 1. The zero-order valence-corrected chi connectivity index (χ0v) is 14.7. The smallest absolute Gasteiger partial charge is 0.369 e. The first kappa shape index (κ1) is 19.0. The second-order valence-corrected chi connectivity index (χ2v) is 6.59. The van der Waals surface area contributed by atoms with E-state index in [1.807, 2.05) is 0 Å². The Morgan fingerprint density at radius 3 is 2.74 bits per heavy atom. The van der Waals surface area contributed by atoms with Crippen LogP contribution < -0.4 is 16.6 Å². The Bertz CT molecular complexity index is 1080. The van der Waals surface area contributed by atoms with E-state index in [9.17, 15) is 22.8 Å². The van der Waals surface area contributed by atoms with E-state index in [1.165, 1.54) is 6.07 Å². The van der Waals surface area contributed by atoms with Crippen molar-refractivity contribution in [1.29, 1.82) is 0 Å². The Labute approximate surface area is 157 Å². The highest BCUT2D eigenvalue weighted by Gasteiger charge is 2.33. The summed E-state index contributed by atoms with van der Waals surface area (Å²) in [6.45, 7) is 0. The van der Waals surface area contributed by atoms with E-state index in [2.05, 4.69) is 25.3 Å². The summed E-state index contributed by atoms with van der Waals surface area (Å²) in [5.74, 6) is -0.842. The summed E-state index contributed by atoms with van der Waals surface area (Å²) in [6, 6.07) is 3.06. The van der Waals surface area contributed by atoms with Gasteiger partial charge in [0.1, 0.15) is 0 Å². The Balaban J connectivity index is 1.68. The van der Waals surface area contributed by atoms with Crippen molar-refractivity contribution in [1.82, 2.24) is 19.9 Å². The van der Waals surface area contributed by atoms with Gasteiger partial charge in [-0.15, -0.1) is 0 Å². The summed E-state index contributed by atoms with van der Waals surface area (Å²) in [6.07, 6.45) is -4.64. The molecule has 0 aliphatic heterocycles. The van der Waals surface area contributed by atoms with Crippen LogP contribution in [0.2, 0.25) is 5.02 Å². The molecular weight excluding hydrogens is 409 g/mol. The number of carbonyl (C=O) groups excluding carboxylic acids is 1. The first-order valence-corrected chi connectivity index (χ1v) is 8.55. The summed E-state index contributed by atoms with van der Waals surface area (Å²) in [5, 5.41) is 2.11. The van der Waals surface area contributed by atoms with E-state index in [0.717, 1.165) is 23.9 Å². The highest BCUT2D eigenvalue weighted by atomic mass is 35.5. The number of benzene rings is 1. The number of alkyl halides is 3. The lowest BCUT2D eigenvalue weighted by Gasteiger charge is -2.11. The molecule has 0 atom stereocenters.